The molecular weight excluding hydrogens is 604 g/mol. The molecule has 0 aliphatic heterocycles. The number of unbranched alkanes of at least 4 members (excludes halogenated alkanes) is 10. The van der Waals surface area contributed by atoms with Crippen LogP contribution in [0.5, 0.6) is 0 Å². The number of carbonyl (C=O) groups is 2. The molecule has 0 aromatic rings. The fourth-order valence-electron chi connectivity index (χ4n) is 5.42. The number of nitrogens with zero attached hydrogens (tertiary/aromatic N) is 2. The monoisotopic (exact) mass is 681 g/mol. The number of methoxy groups -OCH3 is 1. The second-order valence-electron chi connectivity index (χ2n) is 13.3. The SMILES string of the molecule is CC/C=C\CCCCOC(CCC(=O)OCC(COC)CN(CCCCN(C)C)C(=O)CCCCCCCC)OCCCC/C=C\CC. The van der Waals surface area contributed by atoms with Gasteiger partial charge in [0.25, 0.3) is 0 Å². The van der Waals surface area contributed by atoms with Crippen molar-refractivity contribution in [3.05, 3.63) is 24.3 Å². The molecule has 0 heterocycles. The maximum Gasteiger partial charge on any atom is 0.305 e. The largest absolute Gasteiger partial charge is 0.465 e. The molecule has 0 spiro atoms. The molecule has 0 N–H and O–H groups in total. The number of allylic oxidation sites excluding steroid dienone is 4. The van der Waals surface area contributed by atoms with E-state index in [4.69, 9.17) is 18.9 Å². The Morgan fingerprint density at radius 1 is 0.667 bits per heavy atom. The molecule has 0 rings (SSSR count). The van der Waals surface area contributed by atoms with Crippen molar-refractivity contribution in [2.45, 2.75) is 149 Å². The van der Waals surface area contributed by atoms with Gasteiger partial charge < -0.3 is 28.7 Å². The summed E-state index contributed by atoms with van der Waals surface area (Å²) in [5.74, 6) is -0.144. The molecule has 8 nitrogen and oxygen atoms in total. The van der Waals surface area contributed by atoms with Crippen LogP contribution in [-0.2, 0) is 28.5 Å². The molecule has 1 unspecified atom stereocenters. The summed E-state index contributed by atoms with van der Waals surface area (Å²) in [4.78, 5) is 30.3. The Balaban J connectivity index is 4.97. The molecule has 0 fully saturated rings. The Bertz CT molecular complexity index is 764. The van der Waals surface area contributed by atoms with Crippen LogP contribution in [0.3, 0.4) is 0 Å². The maximum atomic E-state index is 13.3. The molecule has 0 aliphatic rings. The summed E-state index contributed by atoms with van der Waals surface area (Å²) in [6.07, 6.45) is 26.9. The number of hydrogen-bond donors (Lipinski definition) is 0. The zero-order valence-electron chi connectivity index (χ0n) is 32.2. The highest BCUT2D eigenvalue weighted by molar-refractivity contribution is 5.76. The van der Waals surface area contributed by atoms with Gasteiger partial charge in [-0.1, -0.05) is 77.2 Å². The standard InChI is InChI=1S/C40H76N2O6/c1-7-10-13-16-19-22-27-38(43)42(31-24-23-30-41(4)5)34-37(35-45-6)36-48-39(44)28-29-40(46-32-25-20-17-14-11-8-2)47-33-26-21-18-15-12-9-3/h11-12,14-15,37,40H,7-10,13,16-36H2,1-6H3/b14-11-,15-12-. The maximum absolute atomic E-state index is 13.3. The van der Waals surface area contributed by atoms with Crippen molar-refractivity contribution in [2.75, 3.05) is 67.3 Å². The lowest BCUT2D eigenvalue weighted by Crippen LogP contribution is -2.39. The van der Waals surface area contributed by atoms with Gasteiger partial charge in [-0.05, 0) is 91.3 Å². The number of hydrogen-bond acceptors (Lipinski definition) is 7. The molecular formula is C40H76N2O6. The molecule has 1 amide bonds. The number of rotatable bonds is 35. The van der Waals surface area contributed by atoms with E-state index in [0.717, 1.165) is 90.1 Å². The summed E-state index contributed by atoms with van der Waals surface area (Å²) < 4.78 is 23.4. The molecule has 0 radical (unpaired) electrons. The van der Waals surface area contributed by atoms with E-state index < -0.39 is 6.29 Å². The van der Waals surface area contributed by atoms with Gasteiger partial charge in [0.1, 0.15) is 0 Å². The Morgan fingerprint density at radius 2 is 1.27 bits per heavy atom. The van der Waals surface area contributed by atoms with Gasteiger partial charge in [-0.2, -0.15) is 0 Å². The van der Waals surface area contributed by atoms with Crippen LogP contribution in [0.2, 0.25) is 0 Å². The smallest absolute Gasteiger partial charge is 0.305 e. The summed E-state index contributed by atoms with van der Waals surface area (Å²) in [5, 5.41) is 0. The number of amides is 1. The summed E-state index contributed by atoms with van der Waals surface area (Å²) in [6.45, 7) is 10.7. The highest BCUT2D eigenvalue weighted by atomic mass is 16.7. The second-order valence-corrected chi connectivity index (χ2v) is 13.3. The van der Waals surface area contributed by atoms with E-state index in [9.17, 15) is 9.59 Å². The topological polar surface area (TPSA) is 77.5 Å². The van der Waals surface area contributed by atoms with Crippen LogP contribution >= 0.6 is 0 Å². The summed E-state index contributed by atoms with van der Waals surface area (Å²) >= 11 is 0. The van der Waals surface area contributed by atoms with Crippen molar-refractivity contribution < 1.29 is 28.5 Å². The van der Waals surface area contributed by atoms with Crippen molar-refractivity contribution in [3.8, 4) is 0 Å². The molecule has 282 valence electrons. The number of ether oxygens (including phenoxy) is 4. The fourth-order valence-corrected chi connectivity index (χ4v) is 5.42. The van der Waals surface area contributed by atoms with Crippen molar-refractivity contribution in [1.29, 1.82) is 0 Å². The molecule has 8 heteroatoms. The average Bonchev–Trinajstić information content (AvgIpc) is 3.07. The third-order valence-corrected chi connectivity index (χ3v) is 8.27. The van der Waals surface area contributed by atoms with Crippen LogP contribution in [0.15, 0.2) is 24.3 Å². The van der Waals surface area contributed by atoms with Gasteiger partial charge in [-0.15, -0.1) is 0 Å². The Morgan fingerprint density at radius 3 is 1.85 bits per heavy atom. The van der Waals surface area contributed by atoms with Gasteiger partial charge in [0.05, 0.1) is 19.6 Å². The predicted molar refractivity (Wildman–Crippen MR) is 200 cm³/mol. The molecule has 1 atom stereocenters. The normalized spacial score (nSPS) is 12.6. The van der Waals surface area contributed by atoms with Crippen LogP contribution in [0, 0.1) is 5.92 Å². The third-order valence-electron chi connectivity index (χ3n) is 8.27. The van der Waals surface area contributed by atoms with Gasteiger partial charge in [0, 0.05) is 52.2 Å². The first-order valence-electron chi connectivity index (χ1n) is 19.5. The average molecular weight is 681 g/mol. The van der Waals surface area contributed by atoms with Gasteiger partial charge >= 0.3 is 5.97 Å². The minimum atomic E-state index is -0.415. The van der Waals surface area contributed by atoms with E-state index in [0.29, 0.717) is 39.2 Å². The molecule has 0 bridgehead atoms. The first-order chi connectivity index (χ1) is 23.4. The second kappa shape index (κ2) is 35.1. The van der Waals surface area contributed by atoms with Crippen LogP contribution in [-0.4, -0.2) is 95.2 Å². The molecule has 0 aromatic carbocycles. The lowest BCUT2D eigenvalue weighted by molar-refractivity contribution is -0.160. The van der Waals surface area contributed by atoms with Gasteiger partial charge in [0.15, 0.2) is 6.29 Å². The molecule has 0 saturated carbocycles. The zero-order valence-corrected chi connectivity index (χ0v) is 32.2. The lowest BCUT2D eigenvalue weighted by Gasteiger charge is -2.28. The molecule has 48 heavy (non-hydrogen) atoms. The van der Waals surface area contributed by atoms with E-state index in [1.807, 2.05) is 4.90 Å². The molecule has 0 saturated heterocycles. The van der Waals surface area contributed by atoms with E-state index in [1.165, 1.54) is 25.7 Å². The van der Waals surface area contributed by atoms with E-state index in [1.54, 1.807) is 7.11 Å². The van der Waals surface area contributed by atoms with Crippen LogP contribution < -0.4 is 0 Å². The summed E-state index contributed by atoms with van der Waals surface area (Å²) in [6, 6.07) is 0. The van der Waals surface area contributed by atoms with E-state index in [-0.39, 0.29) is 30.8 Å². The molecule has 0 aliphatic carbocycles. The van der Waals surface area contributed by atoms with Crippen LogP contribution in [0.1, 0.15) is 143 Å². The Kier molecular flexibility index (Phi) is 33.8. The van der Waals surface area contributed by atoms with E-state index in [2.05, 4.69) is 64.1 Å². The zero-order chi connectivity index (χ0) is 35.5. The minimum absolute atomic E-state index is 0.0758. The van der Waals surface area contributed by atoms with Crippen molar-refractivity contribution >= 4 is 11.9 Å². The van der Waals surface area contributed by atoms with Crippen molar-refractivity contribution in [3.63, 3.8) is 0 Å². The minimum Gasteiger partial charge on any atom is -0.465 e. The van der Waals surface area contributed by atoms with Gasteiger partial charge in [-0.25, -0.2) is 0 Å². The number of esters is 1. The fraction of sp³-hybridized carbons (Fsp3) is 0.850. The van der Waals surface area contributed by atoms with Crippen LogP contribution in [0.4, 0.5) is 0 Å². The lowest BCUT2D eigenvalue weighted by atomic mass is 10.1. The first kappa shape index (κ1) is 46.3. The molecule has 0 aromatic heterocycles. The highest BCUT2D eigenvalue weighted by Crippen LogP contribution is 2.14. The van der Waals surface area contributed by atoms with Gasteiger partial charge in [-0.3, -0.25) is 9.59 Å². The quantitative estimate of drug-likeness (QED) is 0.0286. The van der Waals surface area contributed by atoms with Crippen molar-refractivity contribution in [1.82, 2.24) is 9.80 Å². The van der Waals surface area contributed by atoms with Gasteiger partial charge in [0.2, 0.25) is 5.91 Å². The third kappa shape index (κ3) is 30.3. The summed E-state index contributed by atoms with van der Waals surface area (Å²) in [7, 11) is 5.81. The van der Waals surface area contributed by atoms with Crippen molar-refractivity contribution in [2.24, 2.45) is 5.92 Å². The Labute approximate surface area is 296 Å². The van der Waals surface area contributed by atoms with E-state index >= 15 is 0 Å². The summed E-state index contributed by atoms with van der Waals surface area (Å²) in [5.41, 5.74) is 0. The number of carbonyl (C=O) groups excluding carboxylic acids is 2. The first-order valence-corrected chi connectivity index (χ1v) is 19.5. The van der Waals surface area contributed by atoms with Crippen LogP contribution in [0.25, 0.3) is 0 Å². The Hall–Kier alpha value is -1.74. The predicted octanol–water partition coefficient (Wildman–Crippen LogP) is 9.13. The highest BCUT2D eigenvalue weighted by Gasteiger charge is 2.21.